The van der Waals surface area contributed by atoms with Crippen molar-refractivity contribution in [1.29, 1.82) is 0 Å². The van der Waals surface area contributed by atoms with E-state index in [0.717, 1.165) is 11.3 Å². The second-order valence-corrected chi connectivity index (χ2v) is 5.28. The van der Waals surface area contributed by atoms with E-state index >= 15 is 0 Å². The largest absolute Gasteiger partial charge is 0.482 e. The number of ether oxygens (including phenoxy) is 1. The van der Waals surface area contributed by atoms with Crippen molar-refractivity contribution in [2.75, 3.05) is 0 Å². The van der Waals surface area contributed by atoms with Gasteiger partial charge in [0.1, 0.15) is 17.9 Å². The van der Waals surface area contributed by atoms with Crippen LogP contribution < -0.4 is 4.74 Å². The van der Waals surface area contributed by atoms with Crippen molar-refractivity contribution in [3.8, 4) is 5.75 Å². The molecule has 5 nitrogen and oxygen atoms in total. The maximum Gasteiger partial charge on any atom is 0.181 e. The first-order valence-corrected chi connectivity index (χ1v) is 6.81. The number of fused-ring (bicyclic) bond motifs is 1. The molecule has 1 aliphatic rings. The van der Waals surface area contributed by atoms with Crippen LogP contribution in [0.5, 0.6) is 5.75 Å². The molecule has 2 aromatic rings. The average molecular weight is 271 g/mol. The Hall–Kier alpha value is -2.17. The lowest BCUT2D eigenvalue weighted by Gasteiger charge is -2.11. The lowest BCUT2D eigenvalue weighted by molar-refractivity contribution is -0.124. The van der Waals surface area contributed by atoms with Gasteiger partial charge in [-0.2, -0.15) is 5.10 Å². The Bertz CT molecular complexity index is 609. The quantitative estimate of drug-likeness (QED) is 0.853. The lowest BCUT2D eigenvalue weighted by Crippen LogP contribution is -2.28. The van der Waals surface area contributed by atoms with E-state index < -0.39 is 6.10 Å². The summed E-state index contributed by atoms with van der Waals surface area (Å²) in [5, 5.41) is 4.15. The summed E-state index contributed by atoms with van der Waals surface area (Å²) in [5.74, 6) is 1.57. The van der Waals surface area contributed by atoms with Crippen LogP contribution in [0.4, 0.5) is 0 Å². The first-order chi connectivity index (χ1) is 9.65. The van der Waals surface area contributed by atoms with Gasteiger partial charge in [-0.3, -0.25) is 4.79 Å². The summed E-state index contributed by atoms with van der Waals surface area (Å²) < 4.78 is 7.49. The minimum atomic E-state index is -0.398. The van der Waals surface area contributed by atoms with Gasteiger partial charge in [0.15, 0.2) is 11.9 Å². The first-order valence-electron chi connectivity index (χ1n) is 6.81. The number of para-hydroxylation sites is 1. The van der Waals surface area contributed by atoms with Crippen LogP contribution in [-0.2, 0) is 17.6 Å². The predicted molar refractivity (Wildman–Crippen MR) is 73.7 cm³/mol. The van der Waals surface area contributed by atoms with Crippen LogP contribution in [0.1, 0.15) is 31.3 Å². The molecular weight excluding hydrogens is 254 g/mol. The second kappa shape index (κ2) is 5.07. The number of benzene rings is 1. The molecule has 1 aromatic heterocycles. The van der Waals surface area contributed by atoms with E-state index in [1.165, 1.54) is 6.33 Å². The van der Waals surface area contributed by atoms with Gasteiger partial charge in [0, 0.05) is 12.5 Å². The Balaban J connectivity index is 1.71. The molecule has 0 bridgehead atoms. The Labute approximate surface area is 117 Å². The molecule has 1 aliphatic heterocycles. The van der Waals surface area contributed by atoms with Gasteiger partial charge in [-0.25, -0.2) is 9.67 Å². The molecular formula is C15H17N3O2. The molecule has 104 valence electrons. The van der Waals surface area contributed by atoms with Gasteiger partial charge in [-0.15, -0.1) is 0 Å². The first kappa shape index (κ1) is 12.8. The fourth-order valence-electron chi connectivity index (χ4n) is 2.46. The number of hydrogen-bond acceptors (Lipinski definition) is 4. The Morgan fingerprint density at radius 3 is 3.00 bits per heavy atom. The smallest absolute Gasteiger partial charge is 0.181 e. The number of rotatable bonds is 4. The highest BCUT2D eigenvalue weighted by Crippen LogP contribution is 2.28. The van der Waals surface area contributed by atoms with Gasteiger partial charge in [0.05, 0.1) is 6.42 Å². The fraction of sp³-hybridized carbons (Fsp3) is 0.400. The van der Waals surface area contributed by atoms with Gasteiger partial charge in [0.2, 0.25) is 0 Å². The van der Waals surface area contributed by atoms with E-state index in [-0.39, 0.29) is 18.2 Å². The molecule has 1 unspecified atom stereocenters. The summed E-state index contributed by atoms with van der Waals surface area (Å²) >= 11 is 0. The maximum absolute atomic E-state index is 12.3. The molecule has 0 saturated carbocycles. The second-order valence-electron chi connectivity index (χ2n) is 5.28. The topological polar surface area (TPSA) is 57.0 Å². The van der Waals surface area contributed by atoms with Crippen LogP contribution >= 0.6 is 0 Å². The zero-order valence-corrected chi connectivity index (χ0v) is 11.6. The van der Waals surface area contributed by atoms with Gasteiger partial charge in [-0.05, 0) is 25.5 Å². The summed E-state index contributed by atoms with van der Waals surface area (Å²) in [6, 6.07) is 7.98. The van der Waals surface area contributed by atoms with E-state index in [2.05, 4.69) is 10.1 Å². The summed E-state index contributed by atoms with van der Waals surface area (Å²) in [6.07, 6.45) is 2.00. The highest BCUT2D eigenvalue weighted by atomic mass is 16.5. The van der Waals surface area contributed by atoms with Crippen molar-refractivity contribution < 1.29 is 9.53 Å². The van der Waals surface area contributed by atoms with E-state index in [4.69, 9.17) is 4.74 Å². The third-order valence-electron chi connectivity index (χ3n) is 3.47. The number of nitrogens with zero attached hydrogens (tertiary/aromatic N) is 3. The van der Waals surface area contributed by atoms with Crippen LogP contribution in [0, 0.1) is 0 Å². The summed E-state index contributed by atoms with van der Waals surface area (Å²) in [4.78, 5) is 16.5. The fourth-order valence-corrected chi connectivity index (χ4v) is 2.46. The summed E-state index contributed by atoms with van der Waals surface area (Å²) in [5.41, 5.74) is 1.09. The van der Waals surface area contributed by atoms with Crippen molar-refractivity contribution in [3.05, 3.63) is 42.0 Å². The molecule has 1 atom stereocenters. The van der Waals surface area contributed by atoms with E-state index in [0.29, 0.717) is 12.2 Å². The van der Waals surface area contributed by atoms with Gasteiger partial charge < -0.3 is 4.74 Å². The van der Waals surface area contributed by atoms with Gasteiger partial charge >= 0.3 is 0 Å². The van der Waals surface area contributed by atoms with Gasteiger partial charge in [-0.1, -0.05) is 18.2 Å². The molecule has 1 aromatic carbocycles. The standard InChI is InChI=1S/C15H17N3O2/c1-10(2)18-15(16-9-17-18)8-12(19)14-7-11-5-3-4-6-13(11)20-14/h3-6,9-10,14H,7-8H2,1-2H3. The van der Waals surface area contributed by atoms with Crippen molar-refractivity contribution in [1.82, 2.24) is 14.8 Å². The molecule has 0 fully saturated rings. The van der Waals surface area contributed by atoms with E-state index in [1.807, 2.05) is 38.1 Å². The zero-order chi connectivity index (χ0) is 14.1. The monoisotopic (exact) mass is 271 g/mol. The van der Waals surface area contributed by atoms with Crippen LogP contribution in [0.15, 0.2) is 30.6 Å². The van der Waals surface area contributed by atoms with Crippen LogP contribution in [0.3, 0.4) is 0 Å². The van der Waals surface area contributed by atoms with Crippen LogP contribution in [0.25, 0.3) is 0 Å². The molecule has 0 N–H and O–H groups in total. The van der Waals surface area contributed by atoms with Gasteiger partial charge in [0.25, 0.3) is 0 Å². The van der Waals surface area contributed by atoms with Crippen LogP contribution in [0.2, 0.25) is 0 Å². The Morgan fingerprint density at radius 1 is 1.45 bits per heavy atom. The van der Waals surface area contributed by atoms with Crippen molar-refractivity contribution in [2.24, 2.45) is 0 Å². The number of aromatic nitrogens is 3. The third-order valence-corrected chi connectivity index (χ3v) is 3.47. The van der Waals surface area contributed by atoms with Crippen molar-refractivity contribution in [2.45, 2.75) is 38.8 Å². The maximum atomic E-state index is 12.3. The average Bonchev–Trinajstić information content (AvgIpc) is 3.03. The normalized spacial score (nSPS) is 17.1. The molecule has 0 saturated heterocycles. The predicted octanol–water partition coefficient (Wildman–Crippen LogP) is 1.97. The number of ketones is 1. The van der Waals surface area contributed by atoms with Crippen molar-refractivity contribution in [3.63, 3.8) is 0 Å². The Morgan fingerprint density at radius 2 is 2.25 bits per heavy atom. The summed E-state index contributed by atoms with van der Waals surface area (Å²) in [6.45, 7) is 4.04. The van der Waals surface area contributed by atoms with Crippen LogP contribution in [-0.4, -0.2) is 26.7 Å². The molecule has 20 heavy (non-hydrogen) atoms. The van der Waals surface area contributed by atoms with E-state index in [1.54, 1.807) is 4.68 Å². The SMILES string of the molecule is CC(C)n1ncnc1CC(=O)C1Cc2ccccc2O1. The number of Topliss-reactive ketones (excluding diaryl/α,β-unsaturated/α-hetero) is 1. The third kappa shape index (κ3) is 2.31. The Kier molecular flexibility index (Phi) is 3.26. The zero-order valence-electron chi connectivity index (χ0n) is 11.6. The van der Waals surface area contributed by atoms with E-state index in [9.17, 15) is 4.79 Å². The number of carbonyl (C=O) groups is 1. The van der Waals surface area contributed by atoms with Crippen molar-refractivity contribution >= 4 is 5.78 Å². The summed E-state index contributed by atoms with van der Waals surface area (Å²) in [7, 11) is 0. The minimum Gasteiger partial charge on any atom is -0.482 e. The molecule has 0 radical (unpaired) electrons. The molecule has 5 heteroatoms. The highest BCUT2D eigenvalue weighted by Gasteiger charge is 2.29. The minimum absolute atomic E-state index is 0.0519. The number of carbonyl (C=O) groups excluding carboxylic acids is 1. The lowest BCUT2D eigenvalue weighted by atomic mass is 10.1. The molecule has 0 amide bonds. The molecule has 0 spiro atoms. The number of hydrogen-bond donors (Lipinski definition) is 0. The molecule has 3 rings (SSSR count). The molecule has 2 heterocycles. The highest BCUT2D eigenvalue weighted by molar-refractivity contribution is 5.86. The molecule has 0 aliphatic carbocycles.